The summed E-state index contributed by atoms with van der Waals surface area (Å²) in [5, 5.41) is 2.70. The molecule has 0 bridgehead atoms. The molecule has 1 aromatic heterocycles. The quantitative estimate of drug-likeness (QED) is 0.872. The average molecular weight is 318 g/mol. The summed E-state index contributed by atoms with van der Waals surface area (Å²) in [6, 6.07) is 2.01. The highest BCUT2D eigenvalue weighted by molar-refractivity contribution is 5.93. The Bertz CT molecular complexity index is 587. The number of carbonyl (C=O) groups excluding carboxylic acids is 2. The summed E-state index contributed by atoms with van der Waals surface area (Å²) < 4.78 is 0. The maximum absolute atomic E-state index is 12.7. The molecule has 1 aliphatic heterocycles. The Morgan fingerprint density at radius 2 is 2.04 bits per heavy atom. The zero-order chi connectivity index (χ0) is 16.4. The molecule has 3 rings (SSSR count). The van der Waals surface area contributed by atoms with E-state index in [4.69, 9.17) is 0 Å². The molecule has 0 spiro atoms. The van der Waals surface area contributed by atoms with Crippen LogP contribution in [0.15, 0.2) is 6.07 Å². The second-order valence-electron chi connectivity index (χ2n) is 6.68. The zero-order valence-corrected chi connectivity index (χ0v) is 14.0. The molecular weight excluding hydrogens is 292 g/mol. The number of nitrogens with one attached hydrogen (secondary N) is 2. The fourth-order valence-corrected chi connectivity index (χ4v) is 3.59. The first kappa shape index (κ1) is 16.1. The molecule has 6 nitrogen and oxygen atoms in total. The van der Waals surface area contributed by atoms with Gasteiger partial charge >= 0.3 is 0 Å². The van der Waals surface area contributed by atoms with E-state index in [-0.39, 0.29) is 17.7 Å². The van der Waals surface area contributed by atoms with Crippen LogP contribution in [0.1, 0.15) is 46.9 Å². The molecule has 0 saturated carbocycles. The Balaban J connectivity index is 1.75. The molecule has 1 aromatic rings. The standard InChI is InChI=1S/C17H26N4O2/c1-18-15(22)11-13-5-3-4-12-10-14(19-16(12)13)17(23)21-8-6-20(2)7-9-21/h10,13,19H,3-9,11H2,1-2H3,(H,18,22). The van der Waals surface area contributed by atoms with Gasteiger partial charge in [-0.25, -0.2) is 0 Å². The molecule has 126 valence electrons. The third kappa shape index (κ3) is 3.42. The van der Waals surface area contributed by atoms with Crippen molar-refractivity contribution in [3.05, 3.63) is 23.0 Å². The van der Waals surface area contributed by atoms with Gasteiger partial charge in [0.25, 0.3) is 5.91 Å². The Hall–Kier alpha value is -1.82. The van der Waals surface area contributed by atoms with Gasteiger partial charge in [-0.2, -0.15) is 0 Å². The van der Waals surface area contributed by atoms with Crippen LogP contribution in [0.5, 0.6) is 0 Å². The Morgan fingerprint density at radius 1 is 1.30 bits per heavy atom. The van der Waals surface area contributed by atoms with Crippen LogP contribution in [0.25, 0.3) is 0 Å². The molecule has 2 aliphatic rings. The van der Waals surface area contributed by atoms with Gasteiger partial charge in [0.05, 0.1) is 0 Å². The number of nitrogens with zero attached hydrogens (tertiary/aromatic N) is 2. The number of carbonyl (C=O) groups is 2. The number of rotatable bonds is 3. The summed E-state index contributed by atoms with van der Waals surface area (Å²) in [5.74, 6) is 0.350. The molecule has 2 N–H and O–H groups in total. The molecule has 1 aliphatic carbocycles. The second kappa shape index (κ2) is 6.74. The lowest BCUT2D eigenvalue weighted by atomic mass is 9.85. The summed E-state index contributed by atoms with van der Waals surface area (Å²) in [6.07, 6.45) is 3.57. The highest BCUT2D eigenvalue weighted by atomic mass is 16.2. The molecule has 2 heterocycles. The number of aryl methyl sites for hydroxylation is 1. The van der Waals surface area contributed by atoms with Crippen LogP contribution in [0.3, 0.4) is 0 Å². The molecular formula is C17H26N4O2. The number of hydrogen-bond donors (Lipinski definition) is 2. The predicted molar refractivity (Wildman–Crippen MR) is 88.6 cm³/mol. The molecule has 6 heteroatoms. The normalized spacial score (nSPS) is 21.8. The van der Waals surface area contributed by atoms with E-state index >= 15 is 0 Å². The number of hydrogen-bond acceptors (Lipinski definition) is 3. The van der Waals surface area contributed by atoms with E-state index in [1.54, 1.807) is 7.05 Å². The Kier molecular flexibility index (Phi) is 4.71. The lowest BCUT2D eigenvalue weighted by Crippen LogP contribution is -2.47. The highest BCUT2D eigenvalue weighted by Gasteiger charge is 2.28. The van der Waals surface area contributed by atoms with Crippen LogP contribution < -0.4 is 5.32 Å². The summed E-state index contributed by atoms with van der Waals surface area (Å²) in [4.78, 5) is 31.9. The van der Waals surface area contributed by atoms with Gasteiger partial charge in [0.15, 0.2) is 0 Å². The van der Waals surface area contributed by atoms with E-state index in [0.29, 0.717) is 12.1 Å². The first-order valence-electron chi connectivity index (χ1n) is 8.48. The molecule has 2 amide bonds. The summed E-state index contributed by atoms with van der Waals surface area (Å²) in [6.45, 7) is 3.40. The fourth-order valence-electron chi connectivity index (χ4n) is 3.59. The second-order valence-corrected chi connectivity index (χ2v) is 6.68. The zero-order valence-electron chi connectivity index (χ0n) is 14.0. The Morgan fingerprint density at radius 3 is 2.74 bits per heavy atom. The summed E-state index contributed by atoms with van der Waals surface area (Å²) in [5.41, 5.74) is 2.99. The van der Waals surface area contributed by atoms with Gasteiger partial charge in [-0.3, -0.25) is 9.59 Å². The van der Waals surface area contributed by atoms with E-state index in [2.05, 4.69) is 22.2 Å². The van der Waals surface area contributed by atoms with Gasteiger partial charge in [0, 0.05) is 51.3 Å². The number of likely N-dealkylation sites (N-methyl/N-ethyl adjacent to an activating group) is 1. The maximum atomic E-state index is 12.7. The van der Waals surface area contributed by atoms with Crippen LogP contribution in [0, 0.1) is 0 Å². The third-order valence-corrected chi connectivity index (χ3v) is 5.07. The van der Waals surface area contributed by atoms with Crippen molar-refractivity contribution in [2.45, 2.75) is 31.6 Å². The number of aromatic amines is 1. The smallest absolute Gasteiger partial charge is 0.270 e. The number of aromatic nitrogens is 1. The van der Waals surface area contributed by atoms with E-state index < -0.39 is 0 Å². The van der Waals surface area contributed by atoms with Crippen molar-refractivity contribution in [3.8, 4) is 0 Å². The van der Waals surface area contributed by atoms with Gasteiger partial charge < -0.3 is 20.1 Å². The first-order valence-corrected chi connectivity index (χ1v) is 8.48. The van der Waals surface area contributed by atoms with Crippen molar-refractivity contribution < 1.29 is 9.59 Å². The molecule has 0 aromatic carbocycles. The lowest BCUT2D eigenvalue weighted by Gasteiger charge is -2.32. The number of H-pyrrole nitrogens is 1. The molecule has 1 unspecified atom stereocenters. The highest BCUT2D eigenvalue weighted by Crippen LogP contribution is 2.34. The van der Waals surface area contributed by atoms with Gasteiger partial charge in [-0.1, -0.05) is 0 Å². The SMILES string of the molecule is CNC(=O)CC1CCCc2cc(C(=O)N3CCN(C)CC3)[nH]c21. The minimum atomic E-state index is 0.0596. The number of amides is 2. The first-order chi connectivity index (χ1) is 11.1. The van der Waals surface area contributed by atoms with E-state index in [1.165, 1.54) is 5.56 Å². The van der Waals surface area contributed by atoms with Crippen molar-refractivity contribution in [1.82, 2.24) is 20.1 Å². The van der Waals surface area contributed by atoms with Gasteiger partial charge in [-0.15, -0.1) is 0 Å². The minimum Gasteiger partial charge on any atom is -0.359 e. The summed E-state index contributed by atoms with van der Waals surface area (Å²) >= 11 is 0. The average Bonchev–Trinajstić information content (AvgIpc) is 3.00. The van der Waals surface area contributed by atoms with E-state index in [0.717, 1.165) is 51.1 Å². The molecule has 0 radical (unpaired) electrons. The molecule has 1 atom stereocenters. The Labute approximate surface area is 137 Å². The largest absolute Gasteiger partial charge is 0.359 e. The third-order valence-electron chi connectivity index (χ3n) is 5.07. The van der Waals surface area contributed by atoms with Crippen LogP contribution in [0.4, 0.5) is 0 Å². The lowest BCUT2D eigenvalue weighted by molar-refractivity contribution is -0.121. The van der Waals surface area contributed by atoms with E-state index in [9.17, 15) is 9.59 Å². The van der Waals surface area contributed by atoms with Gasteiger partial charge in [0.2, 0.25) is 5.91 Å². The molecule has 1 saturated heterocycles. The van der Waals surface area contributed by atoms with Crippen molar-refractivity contribution in [2.24, 2.45) is 0 Å². The van der Waals surface area contributed by atoms with Crippen LogP contribution >= 0.6 is 0 Å². The summed E-state index contributed by atoms with van der Waals surface area (Å²) in [7, 11) is 3.75. The monoisotopic (exact) mass is 318 g/mol. The van der Waals surface area contributed by atoms with Crippen LogP contribution in [-0.2, 0) is 11.2 Å². The minimum absolute atomic E-state index is 0.0596. The maximum Gasteiger partial charge on any atom is 0.270 e. The van der Waals surface area contributed by atoms with E-state index in [1.807, 2.05) is 11.0 Å². The van der Waals surface area contributed by atoms with Crippen molar-refractivity contribution in [3.63, 3.8) is 0 Å². The predicted octanol–water partition coefficient (Wildman–Crippen LogP) is 0.958. The van der Waals surface area contributed by atoms with Gasteiger partial charge in [-0.05, 0) is 37.9 Å². The van der Waals surface area contributed by atoms with Crippen molar-refractivity contribution in [1.29, 1.82) is 0 Å². The van der Waals surface area contributed by atoms with Crippen LogP contribution in [0.2, 0.25) is 0 Å². The van der Waals surface area contributed by atoms with Crippen molar-refractivity contribution in [2.75, 3.05) is 40.3 Å². The molecule has 23 heavy (non-hydrogen) atoms. The fraction of sp³-hybridized carbons (Fsp3) is 0.647. The molecule has 1 fully saturated rings. The number of fused-ring (bicyclic) bond motifs is 1. The van der Waals surface area contributed by atoms with Crippen molar-refractivity contribution >= 4 is 11.8 Å². The topological polar surface area (TPSA) is 68.4 Å². The van der Waals surface area contributed by atoms with Gasteiger partial charge in [0.1, 0.15) is 5.69 Å². The number of piperazine rings is 1. The van der Waals surface area contributed by atoms with Crippen LogP contribution in [-0.4, -0.2) is 66.9 Å².